The van der Waals surface area contributed by atoms with E-state index in [1.807, 2.05) is 0 Å². The average molecular weight is 361 g/mol. The van der Waals surface area contributed by atoms with Gasteiger partial charge in [0.1, 0.15) is 0 Å². The van der Waals surface area contributed by atoms with Gasteiger partial charge in [-0.1, -0.05) is 43.7 Å². The fourth-order valence-corrected chi connectivity index (χ4v) is 4.91. The molecule has 26 heavy (non-hydrogen) atoms. The van der Waals surface area contributed by atoms with Crippen LogP contribution in [0.4, 0.5) is 0 Å². The van der Waals surface area contributed by atoms with E-state index in [9.17, 15) is 10.2 Å². The van der Waals surface area contributed by atoms with Crippen LogP contribution in [0.25, 0.3) is 0 Å². The highest BCUT2D eigenvalue weighted by Crippen LogP contribution is 2.36. The molecule has 0 unspecified atom stereocenters. The van der Waals surface area contributed by atoms with Crippen LogP contribution in [0.1, 0.15) is 44.6 Å². The summed E-state index contributed by atoms with van der Waals surface area (Å²) in [6.45, 7) is 7.55. The third-order valence-corrected chi connectivity index (χ3v) is 6.61. The summed E-state index contributed by atoms with van der Waals surface area (Å²) in [6, 6.07) is 11.4. The van der Waals surface area contributed by atoms with Crippen molar-refractivity contribution in [2.75, 3.05) is 39.3 Å². The SMILES string of the molecule is CCC[C@@]1(CO)CN(C2CCN(CCc3ccccc3)CC2)CC[C@@H]1O. The van der Waals surface area contributed by atoms with Gasteiger partial charge < -0.3 is 15.1 Å². The Kier molecular flexibility index (Phi) is 7.10. The Morgan fingerprint density at radius 2 is 1.81 bits per heavy atom. The van der Waals surface area contributed by atoms with Gasteiger partial charge in [-0.15, -0.1) is 0 Å². The Hall–Kier alpha value is -0.940. The van der Waals surface area contributed by atoms with Crippen LogP contribution in [0.15, 0.2) is 30.3 Å². The number of hydrogen-bond donors (Lipinski definition) is 2. The molecule has 2 aliphatic rings. The summed E-state index contributed by atoms with van der Waals surface area (Å²) < 4.78 is 0. The van der Waals surface area contributed by atoms with Crippen molar-refractivity contribution in [3.63, 3.8) is 0 Å². The van der Waals surface area contributed by atoms with Gasteiger partial charge in [0.25, 0.3) is 0 Å². The van der Waals surface area contributed by atoms with Crippen molar-refractivity contribution in [2.45, 2.75) is 57.6 Å². The molecule has 2 aliphatic heterocycles. The number of likely N-dealkylation sites (tertiary alicyclic amines) is 2. The van der Waals surface area contributed by atoms with Crippen molar-refractivity contribution in [1.29, 1.82) is 0 Å². The van der Waals surface area contributed by atoms with Gasteiger partial charge in [0.2, 0.25) is 0 Å². The van der Waals surface area contributed by atoms with E-state index in [4.69, 9.17) is 0 Å². The zero-order chi connectivity index (χ0) is 18.4. The first-order valence-electron chi connectivity index (χ1n) is 10.5. The van der Waals surface area contributed by atoms with Gasteiger partial charge in [-0.2, -0.15) is 0 Å². The van der Waals surface area contributed by atoms with E-state index < -0.39 is 0 Å². The molecule has 4 nitrogen and oxygen atoms in total. The van der Waals surface area contributed by atoms with Crippen molar-refractivity contribution >= 4 is 0 Å². The molecule has 1 aromatic carbocycles. The first-order chi connectivity index (χ1) is 12.7. The van der Waals surface area contributed by atoms with Gasteiger partial charge >= 0.3 is 0 Å². The molecule has 3 rings (SSSR count). The average Bonchev–Trinajstić information content (AvgIpc) is 2.69. The first kappa shape index (κ1) is 19.8. The van der Waals surface area contributed by atoms with Crippen LogP contribution in [0.2, 0.25) is 0 Å². The topological polar surface area (TPSA) is 46.9 Å². The van der Waals surface area contributed by atoms with Gasteiger partial charge in [0, 0.05) is 31.1 Å². The van der Waals surface area contributed by atoms with Crippen LogP contribution in [-0.2, 0) is 6.42 Å². The molecule has 0 amide bonds. The minimum Gasteiger partial charge on any atom is -0.396 e. The monoisotopic (exact) mass is 360 g/mol. The number of nitrogens with zero attached hydrogens (tertiary/aromatic N) is 2. The van der Waals surface area contributed by atoms with E-state index in [0.29, 0.717) is 6.04 Å². The van der Waals surface area contributed by atoms with Crippen molar-refractivity contribution < 1.29 is 10.2 Å². The van der Waals surface area contributed by atoms with Crippen molar-refractivity contribution in [1.82, 2.24) is 9.80 Å². The highest BCUT2D eigenvalue weighted by Gasteiger charge is 2.43. The third kappa shape index (κ3) is 4.66. The molecular formula is C22H36N2O2. The molecule has 2 heterocycles. The second-order valence-corrected chi connectivity index (χ2v) is 8.35. The standard InChI is InChI=1S/C22H36N2O2/c1-2-12-22(18-25)17-24(16-11-21(22)26)20-9-14-23(15-10-20)13-8-19-6-4-3-5-7-19/h3-7,20-21,25-26H,2,8-18H2,1H3/t21-,22-/m0/s1. The fraction of sp³-hybridized carbons (Fsp3) is 0.727. The smallest absolute Gasteiger partial charge is 0.0642 e. The Bertz CT molecular complexity index is 530. The van der Waals surface area contributed by atoms with E-state index in [2.05, 4.69) is 47.1 Å². The lowest BCUT2D eigenvalue weighted by atomic mass is 9.74. The van der Waals surface area contributed by atoms with Gasteiger partial charge in [-0.05, 0) is 50.8 Å². The van der Waals surface area contributed by atoms with Crippen LogP contribution in [0, 0.1) is 5.41 Å². The number of piperidine rings is 2. The summed E-state index contributed by atoms with van der Waals surface area (Å²) >= 11 is 0. The fourth-order valence-electron chi connectivity index (χ4n) is 4.91. The lowest BCUT2D eigenvalue weighted by Gasteiger charge is -2.49. The number of aliphatic hydroxyl groups is 2. The first-order valence-corrected chi connectivity index (χ1v) is 10.5. The Balaban J connectivity index is 1.48. The van der Waals surface area contributed by atoms with E-state index in [1.165, 1.54) is 18.4 Å². The van der Waals surface area contributed by atoms with E-state index >= 15 is 0 Å². The summed E-state index contributed by atoms with van der Waals surface area (Å²) in [7, 11) is 0. The van der Waals surface area contributed by atoms with Gasteiger partial charge in [-0.25, -0.2) is 0 Å². The number of hydrogen-bond acceptors (Lipinski definition) is 4. The molecule has 0 aliphatic carbocycles. The van der Waals surface area contributed by atoms with Crippen molar-refractivity contribution in [3.8, 4) is 0 Å². The maximum atomic E-state index is 10.5. The number of aliphatic hydroxyl groups excluding tert-OH is 2. The molecule has 0 bridgehead atoms. The van der Waals surface area contributed by atoms with Crippen LogP contribution in [0.5, 0.6) is 0 Å². The molecule has 0 saturated carbocycles. The normalized spacial score (nSPS) is 29.1. The minimum atomic E-state index is -0.352. The molecule has 0 radical (unpaired) electrons. The predicted octanol–water partition coefficient (Wildman–Crippen LogP) is 2.54. The van der Waals surface area contributed by atoms with Crippen LogP contribution >= 0.6 is 0 Å². The molecule has 1 aromatic rings. The quantitative estimate of drug-likeness (QED) is 0.784. The van der Waals surface area contributed by atoms with Gasteiger partial charge in [-0.3, -0.25) is 4.90 Å². The largest absolute Gasteiger partial charge is 0.396 e. The maximum absolute atomic E-state index is 10.5. The number of benzene rings is 1. The summed E-state index contributed by atoms with van der Waals surface area (Å²) in [5.41, 5.74) is 1.11. The lowest BCUT2D eigenvalue weighted by Crippen LogP contribution is -2.57. The second kappa shape index (κ2) is 9.32. The van der Waals surface area contributed by atoms with Crippen LogP contribution in [-0.4, -0.2) is 71.5 Å². The number of rotatable bonds is 7. The molecule has 0 aromatic heterocycles. The predicted molar refractivity (Wildman–Crippen MR) is 106 cm³/mol. The minimum absolute atomic E-state index is 0.106. The van der Waals surface area contributed by atoms with E-state index in [1.54, 1.807) is 0 Å². The molecule has 2 atom stereocenters. The van der Waals surface area contributed by atoms with E-state index in [-0.39, 0.29) is 18.1 Å². The molecule has 0 spiro atoms. The molecule has 2 fully saturated rings. The lowest BCUT2D eigenvalue weighted by molar-refractivity contribution is -0.0939. The van der Waals surface area contributed by atoms with E-state index in [0.717, 1.165) is 58.4 Å². The highest BCUT2D eigenvalue weighted by molar-refractivity contribution is 5.14. The summed E-state index contributed by atoms with van der Waals surface area (Å²) in [5.74, 6) is 0. The van der Waals surface area contributed by atoms with Crippen molar-refractivity contribution in [2.24, 2.45) is 5.41 Å². The summed E-state index contributed by atoms with van der Waals surface area (Å²) in [4.78, 5) is 5.15. The highest BCUT2D eigenvalue weighted by atomic mass is 16.3. The second-order valence-electron chi connectivity index (χ2n) is 8.35. The summed E-state index contributed by atoms with van der Waals surface area (Å²) in [6.07, 6.45) is 5.92. The molecule has 2 N–H and O–H groups in total. The Morgan fingerprint density at radius 3 is 2.46 bits per heavy atom. The third-order valence-electron chi connectivity index (χ3n) is 6.61. The van der Waals surface area contributed by atoms with Crippen LogP contribution < -0.4 is 0 Å². The summed E-state index contributed by atoms with van der Waals surface area (Å²) in [5, 5.41) is 20.5. The molecular weight excluding hydrogens is 324 g/mol. The zero-order valence-electron chi connectivity index (χ0n) is 16.3. The van der Waals surface area contributed by atoms with Crippen molar-refractivity contribution in [3.05, 3.63) is 35.9 Å². The van der Waals surface area contributed by atoms with Gasteiger partial charge in [0.05, 0.1) is 12.7 Å². The Labute approximate surface area is 158 Å². The molecule has 4 heteroatoms. The van der Waals surface area contributed by atoms with Gasteiger partial charge in [0.15, 0.2) is 0 Å². The molecule has 2 saturated heterocycles. The Morgan fingerprint density at radius 1 is 1.08 bits per heavy atom. The van der Waals surface area contributed by atoms with Crippen LogP contribution in [0.3, 0.4) is 0 Å². The molecule has 146 valence electrons. The maximum Gasteiger partial charge on any atom is 0.0642 e. The zero-order valence-corrected chi connectivity index (χ0v) is 16.3.